The molecule has 1 unspecified atom stereocenters. The highest BCUT2D eigenvalue weighted by Crippen LogP contribution is 2.11. The molecule has 1 amide bonds. The number of hydrogen-bond donors (Lipinski definition) is 2. The minimum Gasteiger partial charge on any atom is -0.452 e. The molecule has 2 N–H and O–H groups in total. The van der Waals surface area contributed by atoms with Crippen LogP contribution in [0.15, 0.2) is 0 Å². The summed E-state index contributed by atoms with van der Waals surface area (Å²) < 4.78 is 30.9. The summed E-state index contributed by atoms with van der Waals surface area (Å²) in [7, 11) is -2.75. The molecule has 0 rings (SSSR count). The van der Waals surface area contributed by atoms with E-state index in [9.17, 15) is 13.2 Å². The number of carbonyl (C=O) groups excluding carboxylic acids is 1. The smallest absolute Gasteiger partial charge is 0.421 e. The van der Waals surface area contributed by atoms with Crippen LogP contribution in [0.2, 0.25) is 0 Å². The van der Waals surface area contributed by atoms with E-state index in [1.165, 1.54) is 0 Å². The zero-order chi connectivity index (χ0) is 13.3. The van der Waals surface area contributed by atoms with Crippen molar-refractivity contribution >= 4 is 27.9 Å². The molecule has 0 spiro atoms. The molecule has 0 saturated carbocycles. The highest BCUT2D eigenvalue weighted by molar-refractivity contribution is 7.88. The Morgan fingerprint density at radius 3 is 2.53 bits per heavy atom. The largest absolute Gasteiger partial charge is 0.452 e. The van der Waals surface area contributed by atoms with Crippen LogP contribution in [-0.4, -0.2) is 34.0 Å². The first-order valence-corrected chi connectivity index (χ1v) is 7.38. The van der Waals surface area contributed by atoms with E-state index in [1.807, 2.05) is 6.92 Å². The van der Waals surface area contributed by atoms with E-state index in [4.69, 9.17) is 11.6 Å². The van der Waals surface area contributed by atoms with Gasteiger partial charge in [-0.15, -0.1) is 11.6 Å². The second-order valence-electron chi connectivity index (χ2n) is 3.58. The Hall–Kier alpha value is -0.530. The average molecular weight is 287 g/mol. The van der Waals surface area contributed by atoms with Crippen molar-refractivity contribution in [3.63, 3.8) is 0 Å². The number of rotatable bonds is 8. The molecule has 1 atom stereocenters. The van der Waals surface area contributed by atoms with Crippen LogP contribution in [0.5, 0.6) is 0 Å². The number of alkyl halides is 1. The summed E-state index contributed by atoms with van der Waals surface area (Å²) in [5.41, 5.74) is 0. The van der Waals surface area contributed by atoms with Gasteiger partial charge in [0.2, 0.25) is 0 Å². The molecule has 0 aromatic carbocycles. The van der Waals surface area contributed by atoms with Gasteiger partial charge in [-0.1, -0.05) is 13.3 Å². The van der Waals surface area contributed by atoms with Gasteiger partial charge in [0.1, 0.15) is 0 Å². The van der Waals surface area contributed by atoms with Crippen LogP contribution in [0.1, 0.15) is 26.2 Å². The van der Waals surface area contributed by atoms with Crippen molar-refractivity contribution in [2.45, 2.75) is 26.2 Å². The van der Waals surface area contributed by atoms with E-state index in [1.54, 1.807) is 4.72 Å². The van der Waals surface area contributed by atoms with Gasteiger partial charge in [0.05, 0.1) is 7.11 Å². The lowest BCUT2D eigenvalue weighted by Crippen LogP contribution is -2.42. The molecular formula is C9H19ClN2O4S. The first-order chi connectivity index (χ1) is 7.95. The van der Waals surface area contributed by atoms with Crippen LogP contribution in [0.25, 0.3) is 0 Å². The van der Waals surface area contributed by atoms with E-state index in [0.29, 0.717) is 5.88 Å². The number of hydrogen-bond acceptors (Lipinski definition) is 4. The Balaban J connectivity index is 4.17. The minimum atomic E-state index is -3.84. The van der Waals surface area contributed by atoms with Gasteiger partial charge in [-0.05, 0) is 18.8 Å². The maximum Gasteiger partial charge on any atom is 0.421 e. The van der Waals surface area contributed by atoms with Crippen molar-refractivity contribution in [2.24, 2.45) is 5.92 Å². The van der Waals surface area contributed by atoms with Gasteiger partial charge in [0.15, 0.2) is 0 Å². The van der Waals surface area contributed by atoms with Gasteiger partial charge >= 0.3 is 16.3 Å². The molecule has 0 radical (unpaired) electrons. The summed E-state index contributed by atoms with van der Waals surface area (Å²) >= 11 is 5.62. The van der Waals surface area contributed by atoms with Crippen LogP contribution >= 0.6 is 11.6 Å². The third-order valence-electron chi connectivity index (χ3n) is 2.18. The molecule has 17 heavy (non-hydrogen) atoms. The monoisotopic (exact) mass is 286 g/mol. The Morgan fingerprint density at radius 2 is 2.06 bits per heavy atom. The van der Waals surface area contributed by atoms with E-state index >= 15 is 0 Å². The van der Waals surface area contributed by atoms with Crippen LogP contribution < -0.4 is 9.44 Å². The van der Waals surface area contributed by atoms with E-state index in [2.05, 4.69) is 9.46 Å². The van der Waals surface area contributed by atoms with Gasteiger partial charge in [-0.2, -0.15) is 13.1 Å². The number of halogens is 1. The standard InChI is InChI=1S/C9H19ClN2O4S/c1-3-4-8(5-6-10)7-11-17(14,15)12-9(13)16-2/h8,11H,3-7H2,1-2H3,(H,12,13). The Labute approximate surface area is 107 Å². The van der Waals surface area contributed by atoms with Crippen molar-refractivity contribution in [3.05, 3.63) is 0 Å². The quantitative estimate of drug-likeness (QED) is 0.657. The third-order valence-corrected chi connectivity index (χ3v) is 3.38. The molecule has 0 aliphatic rings. The van der Waals surface area contributed by atoms with Crippen molar-refractivity contribution in [3.8, 4) is 0 Å². The van der Waals surface area contributed by atoms with Gasteiger partial charge in [0.25, 0.3) is 0 Å². The molecule has 0 aliphatic heterocycles. The summed E-state index contributed by atoms with van der Waals surface area (Å²) in [6.45, 7) is 2.27. The fourth-order valence-corrected chi connectivity index (χ4v) is 2.46. The fourth-order valence-electron chi connectivity index (χ4n) is 1.33. The lowest BCUT2D eigenvalue weighted by atomic mass is 10.0. The summed E-state index contributed by atoms with van der Waals surface area (Å²) in [5, 5.41) is 0. The normalized spacial score (nSPS) is 13.1. The van der Waals surface area contributed by atoms with Crippen molar-refractivity contribution in [1.82, 2.24) is 9.44 Å². The van der Waals surface area contributed by atoms with Gasteiger partial charge < -0.3 is 4.74 Å². The SMILES string of the molecule is CCCC(CCCl)CNS(=O)(=O)NC(=O)OC. The van der Waals surface area contributed by atoms with Gasteiger partial charge in [-0.25, -0.2) is 9.52 Å². The zero-order valence-corrected chi connectivity index (χ0v) is 11.6. The first kappa shape index (κ1) is 16.5. The van der Waals surface area contributed by atoms with Crippen molar-refractivity contribution in [2.75, 3.05) is 19.5 Å². The number of methoxy groups -OCH3 is 1. The number of carbonyl (C=O) groups is 1. The zero-order valence-electron chi connectivity index (χ0n) is 10.0. The molecule has 0 bridgehead atoms. The minimum absolute atomic E-state index is 0.173. The molecule has 8 heteroatoms. The predicted molar refractivity (Wildman–Crippen MR) is 66.2 cm³/mol. The third kappa shape index (κ3) is 8.23. The summed E-state index contributed by atoms with van der Waals surface area (Å²) in [6.07, 6.45) is 1.55. The highest BCUT2D eigenvalue weighted by Gasteiger charge is 2.16. The van der Waals surface area contributed by atoms with Crippen LogP contribution in [-0.2, 0) is 14.9 Å². The molecule has 0 aliphatic carbocycles. The van der Waals surface area contributed by atoms with Crippen LogP contribution in [0.4, 0.5) is 4.79 Å². The lowest BCUT2D eigenvalue weighted by molar-refractivity contribution is 0.177. The number of nitrogens with one attached hydrogen (secondary N) is 2. The van der Waals surface area contributed by atoms with Crippen LogP contribution in [0.3, 0.4) is 0 Å². The highest BCUT2D eigenvalue weighted by atomic mass is 35.5. The van der Waals surface area contributed by atoms with Crippen molar-refractivity contribution in [1.29, 1.82) is 0 Å². The lowest BCUT2D eigenvalue weighted by Gasteiger charge is -2.15. The average Bonchev–Trinajstić information content (AvgIpc) is 2.26. The molecule has 102 valence electrons. The van der Waals surface area contributed by atoms with E-state index in [0.717, 1.165) is 26.4 Å². The Bertz CT molecular complexity index is 315. The molecule has 0 aromatic rings. The van der Waals surface area contributed by atoms with Gasteiger partial charge in [0, 0.05) is 12.4 Å². The van der Waals surface area contributed by atoms with Crippen molar-refractivity contribution < 1.29 is 17.9 Å². The molecule has 0 saturated heterocycles. The second kappa shape index (κ2) is 8.54. The van der Waals surface area contributed by atoms with E-state index < -0.39 is 16.3 Å². The topological polar surface area (TPSA) is 84.5 Å². The maximum absolute atomic E-state index is 11.4. The van der Waals surface area contributed by atoms with Gasteiger partial charge in [-0.3, -0.25) is 0 Å². The second-order valence-corrected chi connectivity index (χ2v) is 5.46. The summed E-state index contributed by atoms with van der Waals surface area (Å²) in [5.74, 6) is 0.656. The maximum atomic E-state index is 11.4. The number of amides is 1. The summed E-state index contributed by atoms with van der Waals surface area (Å²) in [4.78, 5) is 10.7. The Morgan fingerprint density at radius 1 is 1.41 bits per heavy atom. The fraction of sp³-hybridized carbons (Fsp3) is 0.889. The number of ether oxygens (including phenoxy) is 1. The Kier molecular flexibility index (Phi) is 8.28. The summed E-state index contributed by atoms with van der Waals surface area (Å²) in [6, 6.07) is 0. The molecule has 0 heterocycles. The molecule has 0 fully saturated rings. The molecule has 0 aromatic heterocycles. The van der Waals surface area contributed by atoms with E-state index in [-0.39, 0.29) is 12.5 Å². The van der Waals surface area contributed by atoms with Crippen LogP contribution in [0, 0.1) is 5.92 Å². The molecule has 6 nitrogen and oxygen atoms in total. The molecular weight excluding hydrogens is 268 g/mol. The predicted octanol–water partition coefficient (Wildman–Crippen LogP) is 1.22. The first-order valence-electron chi connectivity index (χ1n) is 5.36.